The molecule has 4 saturated heterocycles. The van der Waals surface area contributed by atoms with Gasteiger partial charge in [-0.05, 0) is 0 Å². The van der Waals surface area contributed by atoms with Crippen molar-refractivity contribution in [3.8, 4) is 0 Å². The van der Waals surface area contributed by atoms with Crippen LogP contribution in [0.1, 0.15) is 19.8 Å². The van der Waals surface area contributed by atoms with Gasteiger partial charge in [-0.2, -0.15) is 0 Å². The van der Waals surface area contributed by atoms with E-state index < -0.39 is 204 Å². The monoisotopic (exact) mass is 940 g/mol. The zero-order chi connectivity index (χ0) is 48.2. The number of ether oxygens (including phenoxy) is 7. The van der Waals surface area contributed by atoms with E-state index in [1.807, 2.05) is 5.32 Å². The zero-order valence-corrected chi connectivity index (χ0v) is 33.6. The molecule has 22 atom stereocenters. The molecule has 0 aromatic rings. The van der Waals surface area contributed by atoms with Crippen molar-refractivity contribution in [2.45, 2.75) is 154 Å². The average Bonchev–Trinajstić information content (AvgIpc) is 3.25. The van der Waals surface area contributed by atoms with Crippen molar-refractivity contribution >= 4 is 23.8 Å². The van der Waals surface area contributed by atoms with Gasteiger partial charge < -0.3 is 131 Å². The Morgan fingerprint density at radius 3 is 1.73 bits per heavy atom. The standard InChI is InChI=1S/C34H56N2O28/c1-9(42)35-17-10(43)2-33(31(54)55,62-26(17)19(47)12(45)4-37)61-14(6-39)21(49)27-18(36-16(46)8-41)11(44)3-34(63-27,32(56)57)64-28-20(48)13(5-38)59-30(24(28)52)60-25-15(7-40)58-29(53)23(51)22(25)50/h10-15,17-30,37-41,43-45,47-53H,2-8H2,1H3,(H,35,42)(H,36,46)(H,54,55)(H,56,57)/t10-,11-,12+,13+,14+,15+,17+,18+,19+,20-,21+,22+,23+,24+,25+,26+,27+,28-,29-,30-,33+,34-/m0/s1. The van der Waals surface area contributed by atoms with Crippen molar-refractivity contribution in [3.05, 3.63) is 0 Å². The first-order chi connectivity index (χ1) is 30.0. The number of carboxylic acids is 2. The molecule has 0 unspecified atom stereocenters. The minimum atomic E-state index is -3.40. The smallest absolute Gasteiger partial charge is 0.364 e. The molecule has 2 amide bonds. The largest absolute Gasteiger partial charge is 0.477 e. The van der Waals surface area contributed by atoms with Gasteiger partial charge in [-0.3, -0.25) is 9.59 Å². The van der Waals surface area contributed by atoms with Gasteiger partial charge in [0.25, 0.3) is 11.6 Å². The van der Waals surface area contributed by atoms with Crippen LogP contribution in [0.25, 0.3) is 0 Å². The van der Waals surface area contributed by atoms with Crippen LogP contribution in [-0.4, -0.2) is 277 Å². The average molecular weight is 941 g/mol. The summed E-state index contributed by atoms with van der Waals surface area (Å²) in [6.45, 7) is -5.08. The summed E-state index contributed by atoms with van der Waals surface area (Å²) in [5.74, 6) is -13.2. The van der Waals surface area contributed by atoms with Gasteiger partial charge in [0.1, 0.15) is 92.1 Å². The molecule has 4 fully saturated rings. The predicted octanol–water partition coefficient (Wildman–Crippen LogP) is -12.1. The molecule has 30 heteroatoms. The van der Waals surface area contributed by atoms with Crippen molar-refractivity contribution in [2.75, 3.05) is 33.0 Å². The van der Waals surface area contributed by atoms with E-state index in [1.54, 1.807) is 0 Å². The van der Waals surface area contributed by atoms with Gasteiger partial charge in [0.05, 0.1) is 50.7 Å². The van der Waals surface area contributed by atoms with Crippen molar-refractivity contribution in [1.82, 2.24) is 10.6 Å². The molecule has 4 aliphatic heterocycles. The number of amides is 2. The molecule has 0 aromatic heterocycles. The maximum atomic E-state index is 13.2. The number of nitrogens with one attached hydrogen (secondary N) is 2. The molecular weight excluding hydrogens is 884 g/mol. The Morgan fingerprint density at radius 1 is 0.672 bits per heavy atom. The molecule has 0 radical (unpaired) electrons. The number of aliphatic hydroxyl groups is 15. The highest BCUT2D eigenvalue weighted by atomic mass is 16.8. The molecule has 19 N–H and O–H groups in total. The fourth-order valence-corrected chi connectivity index (χ4v) is 7.75. The van der Waals surface area contributed by atoms with Crippen LogP contribution in [0.2, 0.25) is 0 Å². The molecule has 370 valence electrons. The Hall–Kier alpha value is -3.00. The molecule has 4 heterocycles. The Morgan fingerprint density at radius 2 is 1.22 bits per heavy atom. The second-order valence-electron chi connectivity index (χ2n) is 15.5. The number of aliphatic carboxylic acids is 2. The van der Waals surface area contributed by atoms with E-state index in [-0.39, 0.29) is 0 Å². The highest BCUT2D eigenvalue weighted by Crippen LogP contribution is 2.40. The number of aliphatic hydroxyl groups excluding tert-OH is 15. The summed E-state index contributed by atoms with van der Waals surface area (Å²) >= 11 is 0. The van der Waals surface area contributed by atoms with Crippen LogP contribution in [0.15, 0.2) is 0 Å². The number of carbonyl (C=O) groups excluding carboxylic acids is 2. The van der Waals surface area contributed by atoms with E-state index in [0.29, 0.717) is 0 Å². The molecule has 0 saturated carbocycles. The molecule has 0 bridgehead atoms. The molecule has 64 heavy (non-hydrogen) atoms. The van der Waals surface area contributed by atoms with Gasteiger partial charge in [-0.15, -0.1) is 0 Å². The fraction of sp³-hybridized carbons (Fsp3) is 0.882. The number of rotatable bonds is 19. The Kier molecular flexibility index (Phi) is 18.6. The normalized spacial score (nSPS) is 42.4. The third-order valence-electron chi connectivity index (χ3n) is 11.1. The maximum absolute atomic E-state index is 13.2. The first kappa shape index (κ1) is 53.6. The van der Waals surface area contributed by atoms with E-state index in [2.05, 4.69) is 5.32 Å². The molecule has 0 aliphatic carbocycles. The van der Waals surface area contributed by atoms with E-state index in [9.17, 15) is 106 Å². The molecular formula is C34H56N2O28. The van der Waals surface area contributed by atoms with Gasteiger partial charge in [0, 0.05) is 19.8 Å². The summed E-state index contributed by atoms with van der Waals surface area (Å²) in [5, 5.41) is 183. The van der Waals surface area contributed by atoms with E-state index in [0.717, 1.165) is 6.92 Å². The van der Waals surface area contributed by atoms with Crippen LogP contribution in [0.3, 0.4) is 0 Å². The third kappa shape index (κ3) is 11.2. The van der Waals surface area contributed by atoms with Gasteiger partial charge in [0.2, 0.25) is 11.8 Å². The molecule has 4 rings (SSSR count). The number of hydrogen-bond donors (Lipinski definition) is 19. The number of carbonyl (C=O) groups is 4. The Balaban J connectivity index is 1.73. The second kappa shape index (κ2) is 22.2. The summed E-state index contributed by atoms with van der Waals surface area (Å²) in [5.41, 5.74) is 0. The lowest BCUT2D eigenvalue weighted by Gasteiger charge is -2.51. The molecule has 30 nitrogen and oxygen atoms in total. The number of hydrogen-bond acceptors (Lipinski definition) is 26. The molecule has 4 aliphatic rings. The Labute approximate surface area is 360 Å². The number of carboxylic acid groups (broad SMARTS) is 2. The first-order valence-corrected chi connectivity index (χ1v) is 19.5. The SMILES string of the molecule is CC(=O)N[C@H]1[C@H]([C@H](O)[C@H](O)CO)O[C@@](O[C@H](CO)[C@@H](O)[C@@H]2O[C@@](O[C@H]3[C@@H](O)[C@@H](CO)O[C@@H](O[C@H]4[C@H](O)[C@@H](O)[C@@H](O)O[C@@H]4CO)[C@@H]3O)(C(=O)O)C[C@H](O)[C@H]2NC(=O)CO)(C(=O)O)C[C@@H]1O. The van der Waals surface area contributed by atoms with Crippen LogP contribution in [-0.2, 0) is 52.3 Å². The van der Waals surface area contributed by atoms with Crippen molar-refractivity contribution in [2.24, 2.45) is 0 Å². The molecule has 0 spiro atoms. The summed E-state index contributed by atoms with van der Waals surface area (Å²) < 4.78 is 38.3. The van der Waals surface area contributed by atoms with Gasteiger partial charge in [0.15, 0.2) is 12.6 Å². The first-order valence-electron chi connectivity index (χ1n) is 19.5. The maximum Gasteiger partial charge on any atom is 0.364 e. The van der Waals surface area contributed by atoms with Gasteiger partial charge in [-0.1, -0.05) is 0 Å². The lowest BCUT2D eigenvalue weighted by atomic mass is 9.87. The van der Waals surface area contributed by atoms with E-state index >= 15 is 0 Å². The fourth-order valence-electron chi connectivity index (χ4n) is 7.75. The minimum Gasteiger partial charge on any atom is -0.477 e. The van der Waals surface area contributed by atoms with Gasteiger partial charge in [-0.25, -0.2) is 9.59 Å². The zero-order valence-electron chi connectivity index (χ0n) is 33.6. The Bertz CT molecular complexity index is 1580. The van der Waals surface area contributed by atoms with Gasteiger partial charge >= 0.3 is 11.9 Å². The quantitative estimate of drug-likeness (QED) is 0.0572. The van der Waals surface area contributed by atoms with Crippen LogP contribution >= 0.6 is 0 Å². The minimum absolute atomic E-state index is 0.854. The molecule has 0 aromatic carbocycles. The van der Waals surface area contributed by atoms with Crippen LogP contribution in [0, 0.1) is 0 Å². The van der Waals surface area contributed by atoms with Crippen LogP contribution < -0.4 is 10.6 Å². The highest BCUT2D eigenvalue weighted by Gasteiger charge is 2.62. The third-order valence-corrected chi connectivity index (χ3v) is 11.1. The van der Waals surface area contributed by atoms with Crippen LogP contribution in [0.5, 0.6) is 0 Å². The topological polar surface area (TPSA) is 501 Å². The van der Waals surface area contributed by atoms with E-state index in [1.165, 1.54) is 0 Å². The van der Waals surface area contributed by atoms with Crippen molar-refractivity contribution < 1.29 is 139 Å². The van der Waals surface area contributed by atoms with E-state index in [4.69, 9.17) is 33.2 Å². The lowest BCUT2D eigenvalue weighted by Crippen LogP contribution is -2.72. The lowest BCUT2D eigenvalue weighted by molar-refractivity contribution is -0.387. The summed E-state index contributed by atoms with van der Waals surface area (Å²) in [7, 11) is 0. The van der Waals surface area contributed by atoms with Crippen molar-refractivity contribution in [1.29, 1.82) is 0 Å². The second-order valence-corrected chi connectivity index (χ2v) is 15.5. The summed E-state index contributed by atoms with van der Waals surface area (Å²) in [6, 6.07) is -3.75. The van der Waals surface area contributed by atoms with Crippen molar-refractivity contribution in [3.63, 3.8) is 0 Å². The van der Waals surface area contributed by atoms with Crippen LogP contribution in [0.4, 0.5) is 0 Å². The summed E-state index contributed by atoms with van der Waals surface area (Å²) in [6.07, 6.45) is -41.5. The predicted molar refractivity (Wildman–Crippen MR) is 193 cm³/mol. The summed E-state index contributed by atoms with van der Waals surface area (Å²) in [4.78, 5) is 50.4. The highest BCUT2D eigenvalue weighted by molar-refractivity contribution is 5.78.